The smallest absolute Gasteiger partial charge is 0.333 e. The van der Waals surface area contributed by atoms with Gasteiger partial charge in [0, 0.05) is 18.7 Å². The maximum absolute atomic E-state index is 12.4. The Balaban J connectivity index is 2.13. The van der Waals surface area contributed by atoms with Crippen molar-refractivity contribution in [2.75, 3.05) is 26.3 Å². The molecule has 0 bridgehead atoms. The Bertz CT molecular complexity index is 818. The normalized spacial score (nSPS) is 13.5. The third-order valence-corrected chi connectivity index (χ3v) is 7.63. The predicted molar refractivity (Wildman–Crippen MR) is 165 cm³/mol. The molecule has 0 radical (unpaired) electrons. The SMILES string of the molecule is C=C(C)C(=O)OCCC(CC(=O)OCC1=CC=CCN1CCCCCCCCCCCCCCCCCC)C(=O)O. The van der Waals surface area contributed by atoms with E-state index in [-0.39, 0.29) is 31.6 Å². The van der Waals surface area contributed by atoms with Crippen molar-refractivity contribution in [1.29, 1.82) is 0 Å². The molecular formula is C34H57NO6. The van der Waals surface area contributed by atoms with Crippen molar-refractivity contribution in [2.24, 2.45) is 5.92 Å². The number of rotatable bonds is 26. The summed E-state index contributed by atoms with van der Waals surface area (Å²) in [5.74, 6) is -3.22. The number of esters is 2. The summed E-state index contributed by atoms with van der Waals surface area (Å²) in [4.78, 5) is 37.6. The molecule has 0 aromatic rings. The number of allylic oxidation sites excluding steroid dienone is 2. The number of unbranched alkanes of at least 4 members (excludes halogenated alkanes) is 15. The van der Waals surface area contributed by atoms with Crippen LogP contribution in [0.1, 0.15) is 129 Å². The first kappa shape index (κ1) is 36.5. The molecule has 7 heteroatoms. The number of carboxylic acids is 1. The van der Waals surface area contributed by atoms with Crippen LogP contribution in [0, 0.1) is 5.92 Å². The van der Waals surface area contributed by atoms with Crippen LogP contribution in [0.4, 0.5) is 0 Å². The lowest BCUT2D eigenvalue weighted by Gasteiger charge is -2.28. The van der Waals surface area contributed by atoms with Gasteiger partial charge >= 0.3 is 17.9 Å². The van der Waals surface area contributed by atoms with Crippen molar-refractivity contribution in [3.63, 3.8) is 0 Å². The lowest BCUT2D eigenvalue weighted by molar-refractivity contribution is -0.152. The van der Waals surface area contributed by atoms with Crippen LogP contribution in [-0.2, 0) is 23.9 Å². The summed E-state index contributed by atoms with van der Waals surface area (Å²) in [5, 5.41) is 9.43. The fourth-order valence-electron chi connectivity index (χ4n) is 4.96. The van der Waals surface area contributed by atoms with E-state index in [1.807, 2.05) is 12.2 Å². The van der Waals surface area contributed by atoms with E-state index >= 15 is 0 Å². The van der Waals surface area contributed by atoms with E-state index in [0.717, 1.165) is 25.2 Å². The Morgan fingerprint density at radius 2 is 1.41 bits per heavy atom. The Hall–Kier alpha value is -2.57. The molecule has 1 aliphatic heterocycles. The lowest BCUT2D eigenvalue weighted by atomic mass is 10.0. The molecule has 1 heterocycles. The molecule has 0 spiro atoms. The lowest BCUT2D eigenvalue weighted by Crippen LogP contribution is -2.30. The molecule has 1 atom stereocenters. The van der Waals surface area contributed by atoms with Crippen LogP contribution in [0.25, 0.3) is 0 Å². The fourth-order valence-corrected chi connectivity index (χ4v) is 4.96. The van der Waals surface area contributed by atoms with Gasteiger partial charge in [0.1, 0.15) is 6.61 Å². The molecule has 0 aromatic carbocycles. The van der Waals surface area contributed by atoms with Crippen LogP contribution >= 0.6 is 0 Å². The first-order chi connectivity index (χ1) is 19.8. The van der Waals surface area contributed by atoms with Gasteiger partial charge in [-0.25, -0.2) is 4.79 Å². The number of aliphatic carboxylic acids is 1. The zero-order valence-corrected chi connectivity index (χ0v) is 26.0. The van der Waals surface area contributed by atoms with Crippen molar-refractivity contribution >= 4 is 17.9 Å². The summed E-state index contributed by atoms with van der Waals surface area (Å²) >= 11 is 0. The predicted octanol–water partition coefficient (Wildman–Crippen LogP) is 8.15. The van der Waals surface area contributed by atoms with Crippen LogP contribution in [0.2, 0.25) is 0 Å². The third kappa shape index (κ3) is 19.2. The van der Waals surface area contributed by atoms with E-state index in [9.17, 15) is 19.5 Å². The number of carboxylic acid groups (broad SMARTS) is 1. The van der Waals surface area contributed by atoms with E-state index in [0.29, 0.717) is 0 Å². The largest absolute Gasteiger partial charge is 0.481 e. The topological polar surface area (TPSA) is 93.1 Å². The molecule has 7 nitrogen and oxygen atoms in total. The van der Waals surface area contributed by atoms with E-state index in [1.54, 1.807) is 0 Å². The Morgan fingerprint density at radius 3 is 1.93 bits per heavy atom. The molecule has 234 valence electrons. The molecule has 0 aromatic heterocycles. The second kappa shape index (κ2) is 24.1. The quantitative estimate of drug-likeness (QED) is 0.0632. The van der Waals surface area contributed by atoms with E-state index in [2.05, 4.69) is 24.5 Å². The second-order valence-electron chi connectivity index (χ2n) is 11.4. The molecule has 1 aliphatic rings. The maximum atomic E-state index is 12.4. The third-order valence-electron chi connectivity index (χ3n) is 7.63. The molecule has 0 amide bonds. The maximum Gasteiger partial charge on any atom is 0.333 e. The summed E-state index contributed by atoms with van der Waals surface area (Å²) in [7, 11) is 0. The summed E-state index contributed by atoms with van der Waals surface area (Å²) in [6.07, 6.45) is 27.3. The number of ether oxygens (including phenoxy) is 2. The van der Waals surface area contributed by atoms with Gasteiger partial charge in [-0.15, -0.1) is 0 Å². The van der Waals surface area contributed by atoms with E-state index in [4.69, 9.17) is 9.47 Å². The van der Waals surface area contributed by atoms with Crippen LogP contribution < -0.4 is 0 Å². The Morgan fingerprint density at radius 1 is 0.878 bits per heavy atom. The average molecular weight is 576 g/mol. The highest BCUT2D eigenvalue weighted by molar-refractivity contribution is 5.87. The zero-order valence-electron chi connectivity index (χ0n) is 26.0. The number of carbonyl (C=O) groups excluding carboxylic acids is 2. The van der Waals surface area contributed by atoms with Gasteiger partial charge < -0.3 is 19.5 Å². The second-order valence-corrected chi connectivity index (χ2v) is 11.4. The number of hydrogen-bond donors (Lipinski definition) is 1. The van der Waals surface area contributed by atoms with E-state index < -0.39 is 23.8 Å². The van der Waals surface area contributed by atoms with Crippen molar-refractivity contribution in [3.05, 3.63) is 36.1 Å². The van der Waals surface area contributed by atoms with Gasteiger partial charge in [0.2, 0.25) is 0 Å². The van der Waals surface area contributed by atoms with Gasteiger partial charge in [-0.05, 0) is 25.8 Å². The summed E-state index contributed by atoms with van der Waals surface area (Å²) in [6, 6.07) is 0. The summed E-state index contributed by atoms with van der Waals surface area (Å²) in [6.45, 7) is 9.02. The van der Waals surface area contributed by atoms with Gasteiger partial charge in [0.05, 0.1) is 24.6 Å². The van der Waals surface area contributed by atoms with Gasteiger partial charge in [-0.2, -0.15) is 0 Å². The van der Waals surface area contributed by atoms with E-state index in [1.165, 1.54) is 103 Å². The van der Waals surface area contributed by atoms with Crippen LogP contribution in [0.3, 0.4) is 0 Å². The first-order valence-corrected chi connectivity index (χ1v) is 16.2. The van der Waals surface area contributed by atoms with Gasteiger partial charge in [-0.1, -0.05) is 122 Å². The highest BCUT2D eigenvalue weighted by Crippen LogP contribution is 2.17. The highest BCUT2D eigenvalue weighted by atomic mass is 16.5. The summed E-state index contributed by atoms with van der Waals surface area (Å²) in [5.41, 5.74) is 1.18. The monoisotopic (exact) mass is 575 g/mol. The first-order valence-electron chi connectivity index (χ1n) is 16.2. The van der Waals surface area contributed by atoms with Crippen molar-refractivity contribution in [2.45, 2.75) is 129 Å². The molecule has 0 saturated carbocycles. The molecule has 0 saturated heterocycles. The molecule has 1 N–H and O–H groups in total. The van der Waals surface area contributed by atoms with Crippen LogP contribution in [0.15, 0.2) is 36.1 Å². The molecule has 1 rings (SSSR count). The minimum absolute atomic E-state index is 0.0419. The molecule has 1 unspecified atom stereocenters. The van der Waals surface area contributed by atoms with Crippen molar-refractivity contribution in [1.82, 2.24) is 4.90 Å². The van der Waals surface area contributed by atoms with Crippen molar-refractivity contribution in [3.8, 4) is 0 Å². The Kier molecular flexibility index (Phi) is 21.4. The van der Waals surface area contributed by atoms with Gasteiger partial charge in [-0.3, -0.25) is 9.59 Å². The Labute approximate surface area is 249 Å². The van der Waals surface area contributed by atoms with Gasteiger partial charge in [0.25, 0.3) is 0 Å². The minimum atomic E-state index is -1.11. The zero-order chi connectivity index (χ0) is 30.1. The standard InChI is InChI=1S/C34H57NO6/c1-4-5-6-7-8-9-10-11-12-13-14-15-16-17-18-20-24-35-25-21-19-22-31(35)28-41-32(36)27-30(33(37)38)23-26-40-34(39)29(2)3/h19,21-22,30H,2,4-18,20,23-28H2,1,3H3,(H,37,38). The molecule has 0 aliphatic carbocycles. The number of carbonyl (C=O) groups is 3. The van der Waals surface area contributed by atoms with Crippen LogP contribution in [-0.4, -0.2) is 54.2 Å². The minimum Gasteiger partial charge on any atom is -0.481 e. The summed E-state index contributed by atoms with van der Waals surface area (Å²) < 4.78 is 10.4. The number of hydrogen-bond acceptors (Lipinski definition) is 6. The van der Waals surface area contributed by atoms with Crippen molar-refractivity contribution < 1.29 is 29.0 Å². The fraction of sp³-hybridized carbons (Fsp3) is 0.735. The molecule has 0 fully saturated rings. The highest BCUT2D eigenvalue weighted by Gasteiger charge is 2.23. The number of nitrogens with zero attached hydrogens (tertiary/aromatic N) is 1. The average Bonchev–Trinajstić information content (AvgIpc) is 2.95. The molecule has 41 heavy (non-hydrogen) atoms. The van der Waals surface area contributed by atoms with Gasteiger partial charge in [0.15, 0.2) is 0 Å². The van der Waals surface area contributed by atoms with Crippen LogP contribution in [0.5, 0.6) is 0 Å². The molecular weight excluding hydrogens is 518 g/mol.